The Bertz CT molecular complexity index is 559. The Morgan fingerprint density at radius 1 is 0.821 bits per heavy atom. The molecule has 3 heteroatoms. The van der Waals surface area contributed by atoms with Gasteiger partial charge in [0.25, 0.3) is 0 Å². The van der Waals surface area contributed by atoms with Crippen LogP contribution in [0.25, 0.3) is 0 Å². The topological polar surface area (TPSA) is 32.7 Å². The zero-order chi connectivity index (χ0) is 21.2. The van der Waals surface area contributed by atoms with Crippen LogP contribution in [0, 0.1) is 0 Å². The van der Waals surface area contributed by atoms with Crippen molar-refractivity contribution in [2.75, 3.05) is 27.2 Å². The van der Waals surface area contributed by atoms with E-state index in [0.29, 0.717) is 13.2 Å². The first-order valence-corrected chi connectivity index (χ1v) is 10.7. The van der Waals surface area contributed by atoms with Gasteiger partial charge in [0.1, 0.15) is 18.5 Å². The predicted molar refractivity (Wildman–Crippen MR) is 122 cm³/mol. The summed E-state index contributed by atoms with van der Waals surface area (Å²) in [5.41, 5.74) is 3.16. The third-order valence-electron chi connectivity index (χ3n) is 4.02. The molecular weight excluding hydrogens is 346 g/mol. The molecule has 0 bridgehead atoms. The monoisotopic (exact) mass is 387 g/mol. The van der Waals surface area contributed by atoms with Crippen LogP contribution < -0.4 is 4.74 Å². The van der Waals surface area contributed by atoms with Gasteiger partial charge in [-0.25, -0.2) is 0 Å². The number of fused-ring (bicyclic) bond motifs is 1. The molecule has 0 amide bonds. The molecule has 1 aliphatic rings. The van der Waals surface area contributed by atoms with Gasteiger partial charge in [0.2, 0.25) is 0 Å². The molecule has 1 atom stereocenters. The number of rotatable bonds is 5. The summed E-state index contributed by atoms with van der Waals surface area (Å²) in [4.78, 5) is 1.93. The van der Waals surface area contributed by atoms with E-state index in [1.54, 1.807) is 11.1 Å². The van der Waals surface area contributed by atoms with Crippen LogP contribution in [0.3, 0.4) is 0 Å². The highest BCUT2D eigenvalue weighted by Gasteiger charge is 2.06. The van der Waals surface area contributed by atoms with Gasteiger partial charge in [0.15, 0.2) is 0 Å². The van der Waals surface area contributed by atoms with E-state index >= 15 is 0 Å². The minimum atomic E-state index is -0.440. The van der Waals surface area contributed by atoms with E-state index in [4.69, 9.17) is 4.74 Å². The van der Waals surface area contributed by atoms with Crippen molar-refractivity contribution in [1.29, 1.82) is 0 Å². The molecule has 1 unspecified atom stereocenters. The minimum absolute atomic E-state index is 0.336. The molecule has 1 N–H and O–H groups in total. The van der Waals surface area contributed by atoms with Crippen molar-refractivity contribution < 1.29 is 9.84 Å². The molecule has 1 aliphatic carbocycles. The van der Waals surface area contributed by atoms with Crippen LogP contribution in [0.15, 0.2) is 54.6 Å². The molecule has 28 heavy (non-hydrogen) atoms. The molecule has 0 aromatic heterocycles. The summed E-state index contributed by atoms with van der Waals surface area (Å²) in [6.45, 7) is 8.95. The Balaban J connectivity index is 0.000000456. The maximum atomic E-state index is 9.51. The second kappa shape index (κ2) is 17.3. The average Bonchev–Trinajstić information content (AvgIpc) is 2.76. The molecule has 0 saturated carbocycles. The van der Waals surface area contributed by atoms with Gasteiger partial charge in [-0.3, -0.25) is 0 Å². The van der Waals surface area contributed by atoms with Gasteiger partial charge in [0, 0.05) is 6.54 Å². The van der Waals surface area contributed by atoms with E-state index in [1.165, 1.54) is 25.7 Å². The zero-order valence-electron chi connectivity index (χ0n) is 18.8. The molecule has 0 saturated heterocycles. The molecule has 3 nitrogen and oxygen atoms in total. The quantitative estimate of drug-likeness (QED) is 0.724. The molecule has 0 aliphatic heterocycles. The maximum absolute atomic E-state index is 9.51. The number of likely N-dealkylation sites (N-methyl/N-ethyl adjacent to an activating group) is 1. The van der Waals surface area contributed by atoms with E-state index < -0.39 is 6.10 Å². The SMILES string of the molecule is CC.CC.CN(C)CC(O)COc1ccccc1.c1ccc2c(c1)CCCC2. The van der Waals surface area contributed by atoms with Gasteiger partial charge in [0.05, 0.1) is 0 Å². The lowest BCUT2D eigenvalue weighted by Gasteiger charge is -2.16. The van der Waals surface area contributed by atoms with E-state index in [1.807, 2.05) is 77.0 Å². The highest BCUT2D eigenvalue weighted by atomic mass is 16.5. The first-order valence-electron chi connectivity index (χ1n) is 10.7. The van der Waals surface area contributed by atoms with Crippen LogP contribution in [0.2, 0.25) is 0 Å². The van der Waals surface area contributed by atoms with Crippen molar-refractivity contribution >= 4 is 0 Å². The Kier molecular flexibility index (Phi) is 16.1. The minimum Gasteiger partial charge on any atom is -0.491 e. The number of aliphatic hydroxyl groups is 1. The molecule has 2 aromatic rings. The number of aliphatic hydroxyl groups excluding tert-OH is 1. The van der Waals surface area contributed by atoms with Gasteiger partial charge in [-0.1, -0.05) is 70.2 Å². The molecular formula is C25H41NO2. The standard InChI is InChI=1S/C11H17NO2.C10H12.2C2H6/c1-12(2)8-10(13)9-14-11-6-4-3-5-7-11;1-2-6-10-8-4-3-7-9(10)5-1;2*1-2/h3-7,10,13H,8-9H2,1-2H3;1-2,5-6H,3-4,7-8H2;2*1-2H3. The summed E-state index contributed by atoms with van der Waals surface area (Å²) >= 11 is 0. The summed E-state index contributed by atoms with van der Waals surface area (Å²) < 4.78 is 5.39. The number of para-hydroxylation sites is 1. The highest BCUT2D eigenvalue weighted by molar-refractivity contribution is 5.28. The number of ether oxygens (including phenoxy) is 1. The first-order chi connectivity index (χ1) is 13.6. The average molecular weight is 388 g/mol. The number of aryl methyl sites for hydroxylation is 2. The number of nitrogens with zero attached hydrogens (tertiary/aromatic N) is 1. The van der Waals surface area contributed by atoms with Crippen LogP contribution in [-0.2, 0) is 12.8 Å². The molecule has 0 fully saturated rings. The second-order valence-electron chi connectivity index (χ2n) is 6.52. The maximum Gasteiger partial charge on any atom is 0.119 e. The summed E-state index contributed by atoms with van der Waals surface area (Å²) in [6, 6.07) is 18.3. The smallest absolute Gasteiger partial charge is 0.119 e. The van der Waals surface area contributed by atoms with Crippen LogP contribution >= 0.6 is 0 Å². The van der Waals surface area contributed by atoms with Crippen LogP contribution in [-0.4, -0.2) is 43.4 Å². The molecule has 158 valence electrons. The van der Waals surface area contributed by atoms with Gasteiger partial charge < -0.3 is 14.7 Å². The lowest BCUT2D eigenvalue weighted by Crippen LogP contribution is -2.30. The van der Waals surface area contributed by atoms with E-state index in [-0.39, 0.29) is 0 Å². The summed E-state index contributed by atoms with van der Waals surface area (Å²) in [7, 11) is 3.84. The fourth-order valence-corrected chi connectivity index (χ4v) is 2.86. The largest absolute Gasteiger partial charge is 0.491 e. The third kappa shape index (κ3) is 11.8. The van der Waals surface area contributed by atoms with Crippen molar-refractivity contribution in [1.82, 2.24) is 4.90 Å². The Labute approximate surface area is 173 Å². The lowest BCUT2D eigenvalue weighted by molar-refractivity contribution is 0.0831. The van der Waals surface area contributed by atoms with Crippen molar-refractivity contribution in [2.24, 2.45) is 0 Å². The molecule has 0 heterocycles. The number of hydrogen-bond donors (Lipinski definition) is 1. The normalized spacial score (nSPS) is 12.7. The van der Waals surface area contributed by atoms with Crippen molar-refractivity contribution in [3.8, 4) is 5.75 Å². The van der Waals surface area contributed by atoms with Gasteiger partial charge >= 0.3 is 0 Å². The van der Waals surface area contributed by atoms with Crippen molar-refractivity contribution in [3.05, 3.63) is 65.7 Å². The van der Waals surface area contributed by atoms with Crippen LogP contribution in [0.4, 0.5) is 0 Å². The molecule has 0 spiro atoms. The summed E-state index contributed by atoms with van der Waals surface area (Å²) in [5, 5.41) is 9.51. The second-order valence-corrected chi connectivity index (χ2v) is 6.52. The van der Waals surface area contributed by atoms with E-state index in [2.05, 4.69) is 24.3 Å². The molecule has 0 radical (unpaired) electrons. The van der Waals surface area contributed by atoms with Gasteiger partial charge in [-0.05, 0) is 63.0 Å². The highest BCUT2D eigenvalue weighted by Crippen LogP contribution is 2.19. The molecule has 2 aromatic carbocycles. The van der Waals surface area contributed by atoms with E-state index in [9.17, 15) is 5.11 Å². The number of hydrogen-bond acceptors (Lipinski definition) is 3. The Hall–Kier alpha value is -1.84. The van der Waals surface area contributed by atoms with Gasteiger partial charge in [-0.15, -0.1) is 0 Å². The summed E-state index contributed by atoms with van der Waals surface area (Å²) in [5.74, 6) is 0.797. The zero-order valence-corrected chi connectivity index (χ0v) is 18.8. The first kappa shape index (κ1) is 26.2. The fraction of sp³-hybridized carbons (Fsp3) is 0.520. The predicted octanol–water partition coefficient (Wildman–Crippen LogP) is 5.61. The Morgan fingerprint density at radius 3 is 1.75 bits per heavy atom. The summed E-state index contributed by atoms with van der Waals surface area (Å²) in [6.07, 6.45) is 4.94. The van der Waals surface area contributed by atoms with Crippen molar-refractivity contribution in [3.63, 3.8) is 0 Å². The van der Waals surface area contributed by atoms with Gasteiger partial charge in [-0.2, -0.15) is 0 Å². The Morgan fingerprint density at radius 2 is 1.29 bits per heavy atom. The van der Waals surface area contributed by atoms with Crippen molar-refractivity contribution in [2.45, 2.75) is 59.5 Å². The van der Waals surface area contributed by atoms with Crippen LogP contribution in [0.5, 0.6) is 5.75 Å². The molecule has 3 rings (SSSR count). The number of benzene rings is 2. The van der Waals surface area contributed by atoms with Crippen LogP contribution in [0.1, 0.15) is 51.7 Å². The third-order valence-corrected chi connectivity index (χ3v) is 4.02. The fourth-order valence-electron chi connectivity index (χ4n) is 2.86. The van der Waals surface area contributed by atoms with E-state index in [0.717, 1.165) is 5.75 Å². The lowest BCUT2D eigenvalue weighted by atomic mass is 9.92.